The van der Waals surface area contributed by atoms with Crippen LogP contribution in [0.1, 0.15) is 26.7 Å². The zero-order chi connectivity index (χ0) is 14.3. The van der Waals surface area contributed by atoms with Crippen molar-refractivity contribution in [3.05, 3.63) is 30.3 Å². The number of anilines is 1. The van der Waals surface area contributed by atoms with Gasteiger partial charge in [-0.1, -0.05) is 25.1 Å². The van der Waals surface area contributed by atoms with E-state index in [1.165, 1.54) is 0 Å². The summed E-state index contributed by atoms with van der Waals surface area (Å²) in [5, 5.41) is 0. The lowest BCUT2D eigenvalue weighted by atomic mass is 10.2. The fourth-order valence-corrected chi connectivity index (χ4v) is 1.89. The van der Waals surface area contributed by atoms with E-state index in [1.54, 1.807) is 23.8 Å². The molecule has 19 heavy (non-hydrogen) atoms. The fourth-order valence-electron chi connectivity index (χ4n) is 1.89. The molecule has 0 fully saturated rings. The SMILES string of the molecule is CCCN(CCC(=O)N(C)c1ccccc1)C(C)=O. The molecule has 0 N–H and O–H groups in total. The van der Waals surface area contributed by atoms with Gasteiger partial charge in [-0.05, 0) is 18.6 Å². The Morgan fingerprint density at radius 3 is 2.26 bits per heavy atom. The van der Waals surface area contributed by atoms with Crippen molar-refractivity contribution in [2.75, 3.05) is 25.0 Å². The molecule has 0 aliphatic heterocycles. The second-order valence-electron chi connectivity index (χ2n) is 4.54. The van der Waals surface area contributed by atoms with Gasteiger partial charge in [0.2, 0.25) is 11.8 Å². The summed E-state index contributed by atoms with van der Waals surface area (Å²) >= 11 is 0. The molecule has 0 bridgehead atoms. The van der Waals surface area contributed by atoms with Crippen molar-refractivity contribution in [2.45, 2.75) is 26.7 Å². The van der Waals surface area contributed by atoms with Crippen LogP contribution in [0.25, 0.3) is 0 Å². The maximum absolute atomic E-state index is 12.1. The second kappa shape index (κ2) is 7.56. The van der Waals surface area contributed by atoms with Gasteiger partial charge in [-0.2, -0.15) is 0 Å². The van der Waals surface area contributed by atoms with E-state index < -0.39 is 0 Å². The Balaban J connectivity index is 2.53. The van der Waals surface area contributed by atoms with Crippen LogP contribution in [0.4, 0.5) is 5.69 Å². The van der Waals surface area contributed by atoms with Crippen molar-refractivity contribution in [3.63, 3.8) is 0 Å². The van der Waals surface area contributed by atoms with Gasteiger partial charge < -0.3 is 9.80 Å². The highest BCUT2D eigenvalue weighted by Crippen LogP contribution is 2.12. The average Bonchev–Trinajstić information content (AvgIpc) is 2.42. The monoisotopic (exact) mass is 262 g/mol. The minimum atomic E-state index is 0.0218. The quantitative estimate of drug-likeness (QED) is 0.789. The van der Waals surface area contributed by atoms with Gasteiger partial charge in [-0.15, -0.1) is 0 Å². The van der Waals surface area contributed by atoms with Crippen molar-refractivity contribution in [2.24, 2.45) is 0 Å². The third kappa shape index (κ3) is 4.73. The van der Waals surface area contributed by atoms with Gasteiger partial charge in [0.25, 0.3) is 0 Å². The number of carbonyl (C=O) groups excluding carboxylic acids is 2. The molecule has 4 nitrogen and oxygen atoms in total. The summed E-state index contributed by atoms with van der Waals surface area (Å²) in [6.07, 6.45) is 1.26. The molecule has 0 aliphatic rings. The van der Waals surface area contributed by atoms with Gasteiger partial charge in [-0.3, -0.25) is 9.59 Å². The molecular formula is C15H22N2O2. The summed E-state index contributed by atoms with van der Waals surface area (Å²) < 4.78 is 0. The molecule has 0 aromatic heterocycles. The summed E-state index contributed by atoms with van der Waals surface area (Å²) in [4.78, 5) is 26.8. The zero-order valence-electron chi connectivity index (χ0n) is 11.9. The Hall–Kier alpha value is -1.84. The first kappa shape index (κ1) is 15.2. The first-order valence-corrected chi connectivity index (χ1v) is 6.63. The summed E-state index contributed by atoms with van der Waals surface area (Å²) in [5.41, 5.74) is 0.873. The number of benzene rings is 1. The third-order valence-electron chi connectivity index (χ3n) is 3.05. The van der Waals surface area contributed by atoms with E-state index in [2.05, 4.69) is 0 Å². The summed E-state index contributed by atoms with van der Waals surface area (Å²) in [6, 6.07) is 9.51. The van der Waals surface area contributed by atoms with Crippen LogP contribution < -0.4 is 4.90 Å². The van der Waals surface area contributed by atoms with Gasteiger partial charge >= 0.3 is 0 Å². The van der Waals surface area contributed by atoms with Gasteiger partial charge in [0.05, 0.1) is 0 Å². The van der Waals surface area contributed by atoms with Crippen LogP contribution >= 0.6 is 0 Å². The van der Waals surface area contributed by atoms with Crippen LogP contribution in [0.2, 0.25) is 0 Å². The molecule has 1 aromatic carbocycles. The van der Waals surface area contributed by atoms with Crippen LogP contribution in [0.3, 0.4) is 0 Å². The van der Waals surface area contributed by atoms with Crippen molar-refractivity contribution in [1.29, 1.82) is 0 Å². The van der Waals surface area contributed by atoms with Gasteiger partial charge in [0.15, 0.2) is 0 Å². The van der Waals surface area contributed by atoms with Gasteiger partial charge in [0.1, 0.15) is 0 Å². The van der Waals surface area contributed by atoms with Gasteiger partial charge in [0, 0.05) is 39.2 Å². The molecule has 1 aromatic rings. The maximum atomic E-state index is 12.1. The number of rotatable bonds is 6. The highest BCUT2D eigenvalue weighted by molar-refractivity contribution is 5.93. The van der Waals surface area contributed by atoms with E-state index >= 15 is 0 Å². The van der Waals surface area contributed by atoms with Gasteiger partial charge in [-0.25, -0.2) is 0 Å². The van der Waals surface area contributed by atoms with Crippen LogP contribution in [-0.2, 0) is 9.59 Å². The Labute approximate surface area is 115 Å². The molecule has 0 saturated carbocycles. The smallest absolute Gasteiger partial charge is 0.228 e. The highest BCUT2D eigenvalue weighted by atomic mass is 16.2. The topological polar surface area (TPSA) is 40.6 Å². The minimum Gasteiger partial charge on any atom is -0.342 e. The van der Waals surface area contributed by atoms with Crippen LogP contribution in [0, 0.1) is 0 Å². The maximum Gasteiger partial charge on any atom is 0.228 e. The van der Waals surface area contributed by atoms with Crippen molar-refractivity contribution in [1.82, 2.24) is 4.90 Å². The second-order valence-corrected chi connectivity index (χ2v) is 4.54. The number of nitrogens with zero attached hydrogens (tertiary/aromatic N) is 2. The lowest BCUT2D eigenvalue weighted by Crippen LogP contribution is -2.35. The van der Waals surface area contributed by atoms with E-state index in [-0.39, 0.29) is 11.8 Å². The molecule has 0 spiro atoms. The molecule has 1 rings (SSSR count). The standard InChI is InChI=1S/C15H22N2O2/c1-4-11-17(13(2)18)12-10-15(19)16(3)14-8-6-5-7-9-14/h5-9H,4,10-12H2,1-3H3. The summed E-state index contributed by atoms with van der Waals surface area (Å²) in [5.74, 6) is 0.0468. The highest BCUT2D eigenvalue weighted by Gasteiger charge is 2.14. The Bertz CT molecular complexity index is 417. The molecule has 104 valence electrons. The average molecular weight is 262 g/mol. The Morgan fingerprint density at radius 1 is 1.11 bits per heavy atom. The molecule has 0 heterocycles. The minimum absolute atomic E-state index is 0.0218. The molecule has 4 heteroatoms. The molecule has 0 radical (unpaired) electrons. The predicted octanol–water partition coefficient (Wildman–Crippen LogP) is 2.30. The van der Waals surface area contributed by atoms with Crippen molar-refractivity contribution in [3.8, 4) is 0 Å². The number of hydrogen-bond acceptors (Lipinski definition) is 2. The molecule has 0 unspecified atom stereocenters. The van der Waals surface area contributed by atoms with Crippen LogP contribution in [0.15, 0.2) is 30.3 Å². The van der Waals surface area contributed by atoms with Crippen molar-refractivity contribution < 1.29 is 9.59 Å². The molecule has 0 atom stereocenters. The first-order valence-electron chi connectivity index (χ1n) is 6.63. The zero-order valence-corrected chi connectivity index (χ0v) is 11.9. The normalized spacial score (nSPS) is 10.1. The predicted molar refractivity (Wildman–Crippen MR) is 77.0 cm³/mol. The lowest BCUT2D eigenvalue weighted by Gasteiger charge is -2.22. The summed E-state index contributed by atoms with van der Waals surface area (Å²) in [6.45, 7) is 4.76. The van der Waals surface area contributed by atoms with E-state index in [0.717, 1.165) is 12.1 Å². The Morgan fingerprint density at radius 2 is 1.74 bits per heavy atom. The first-order chi connectivity index (χ1) is 9.06. The fraction of sp³-hybridized carbons (Fsp3) is 0.467. The van der Waals surface area contributed by atoms with E-state index in [9.17, 15) is 9.59 Å². The molecule has 2 amide bonds. The summed E-state index contributed by atoms with van der Waals surface area (Å²) in [7, 11) is 1.76. The number of amides is 2. The number of hydrogen-bond donors (Lipinski definition) is 0. The van der Waals surface area contributed by atoms with E-state index in [4.69, 9.17) is 0 Å². The largest absolute Gasteiger partial charge is 0.342 e. The number of para-hydroxylation sites is 1. The molecule has 0 aliphatic carbocycles. The molecule has 0 saturated heterocycles. The number of carbonyl (C=O) groups is 2. The Kier molecular flexibility index (Phi) is 6.06. The van der Waals surface area contributed by atoms with Crippen molar-refractivity contribution >= 4 is 17.5 Å². The van der Waals surface area contributed by atoms with Crippen LogP contribution in [-0.4, -0.2) is 36.9 Å². The molecular weight excluding hydrogens is 240 g/mol. The lowest BCUT2D eigenvalue weighted by molar-refractivity contribution is -0.129. The third-order valence-corrected chi connectivity index (χ3v) is 3.05. The van der Waals surface area contributed by atoms with Crippen LogP contribution in [0.5, 0.6) is 0 Å². The van der Waals surface area contributed by atoms with E-state index in [1.807, 2.05) is 37.3 Å². The van der Waals surface area contributed by atoms with E-state index in [0.29, 0.717) is 19.5 Å².